The number of rotatable bonds is 15. The van der Waals surface area contributed by atoms with E-state index in [1.54, 1.807) is 0 Å². The second-order valence-electron chi connectivity index (χ2n) is 5.91. The smallest absolute Gasteiger partial charge is 0.303 e. The van der Waals surface area contributed by atoms with Crippen molar-refractivity contribution in [3.63, 3.8) is 0 Å². The molecule has 0 spiro atoms. The molecule has 0 rings (SSSR count). The number of aliphatic hydroxyl groups is 1. The molecule has 1 atom stereocenters. The molecule has 1 unspecified atom stereocenters. The third kappa shape index (κ3) is 20.1. The molecule has 4 heteroatoms. The molecule has 2 N–H and O–H groups in total. The summed E-state index contributed by atoms with van der Waals surface area (Å²) < 4.78 is 0. The summed E-state index contributed by atoms with van der Waals surface area (Å²) in [6.45, 7) is 2.20. The van der Waals surface area contributed by atoms with Gasteiger partial charge in [0.05, 0.1) is 6.10 Å². The average Bonchev–Trinajstić information content (AvgIpc) is 2.45. The van der Waals surface area contributed by atoms with Crippen LogP contribution in [-0.4, -0.2) is 22.3 Å². The molecule has 0 aromatic carbocycles. The van der Waals surface area contributed by atoms with E-state index in [2.05, 4.69) is 19.1 Å². The molecular weight excluding hydrogens is 355 g/mol. The second-order valence-corrected chi connectivity index (χ2v) is 5.91. The molecule has 0 heterocycles. The van der Waals surface area contributed by atoms with Gasteiger partial charge in [-0.2, -0.15) is 0 Å². The van der Waals surface area contributed by atoms with Crippen molar-refractivity contribution >= 4 is 5.97 Å². The zero-order valence-corrected chi connectivity index (χ0v) is 16.7. The van der Waals surface area contributed by atoms with E-state index in [1.807, 2.05) is 0 Å². The van der Waals surface area contributed by atoms with Gasteiger partial charge in [0.15, 0.2) is 0 Å². The van der Waals surface area contributed by atoms with Crippen LogP contribution in [0.4, 0.5) is 0 Å². The molecule has 0 radical (unpaired) electrons. The van der Waals surface area contributed by atoms with E-state index in [4.69, 9.17) is 5.11 Å². The third-order valence-corrected chi connectivity index (χ3v) is 3.73. The molecule has 0 aliphatic heterocycles. The average molecular weight is 390 g/mol. The standard InChI is InChI=1S/C18H34O3.Zr/c1-2-3-4-11-14-17(19)15-12-9-7-5-6-8-10-13-16-18(20)21;/h9,12,17,19H,2-8,10-11,13-16H2,1H3,(H,20,21);/b12-9-;. The minimum Gasteiger partial charge on any atom is -0.481 e. The van der Waals surface area contributed by atoms with Gasteiger partial charge in [0.1, 0.15) is 0 Å². The molecular formula is C18H34O3Zr. The fourth-order valence-electron chi connectivity index (χ4n) is 2.36. The monoisotopic (exact) mass is 388 g/mol. The Balaban J connectivity index is 0. The number of hydrogen-bond donors (Lipinski definition) is 2. The van der Waals surface area contributed by atoms with Gasteiger partial charge in [-0.15, -0.1) is 0 Å². The SMILES string of the molecule is CCCCCCC(O)C/C=C\CCCCCCCC(=O)O.[Zr]. The van der Waals surface area contributed by atoms with Gasteiger partial charge >= 0.3 is 5.97 Å². The molecule has 128 valence electrons. The van der Waals surface area contributed by atoms with Crippen LogP contribution in [0.1, 0.15) is 90.4 Å². The first-order chi connectivity index (χ1) is 10.2. The number of unbranched alkanes of at least 4 members (excludes halogenated alkanes) is 8. The molecule has 0 aromatic heterocycles. The largest absolute Gasteiger partial charge is 0.481 e. The fraction of sp³-hybridized carbons (Fsp3) is 0.833. The molecule has 0 amide bonds. The summed E-state index contributed by atoms with van der Waals surface area (Å²) in [6, 6.07) is 0. The number of allylic oxidation sites excluding steroid dienone is 1. The first-order valence-electron chi connectivity index (χ1n) is 8.71. The van der Waals surface area contributed by atoms with Gasteiger partial charge in [-0.05, 0) is 32.1 Å². The maximum absolute atomic E-state index is 10.3. The van der Waals surface area contributed by atoms with Gasteiger partial charge < -0.3 is 10.2 Å². The summed E-state index contributed by atoms with van der Waals surface area (Å²) in [7, 11) is 0. The number of aliphatic hydroxyl groups excluding tert-OH is 1. The Kier molecular flexibility index (Phi) is 21.1. The van der Waals surface area contributed by atoms with Crippen molar-refractivity contribution in [3.8, 4) is 0 Å². The molecule has 0 aromatic rings. The van der Waals surface area contributed by atoms with Crippen molar-refractivity contribution < 1.29 is 41.2 Å². The molecule has 0 aliphatic rings. The number of hydrogen-bond acceptors (Lipinski definition) is 2. The zero-order chi connectivity index (χ0) is 15.8. The number of carboxylic acids is 1. The quantitative estimate of drug-likeness (QED) is 0.303. The number of aliphatic carboxylic acids is 1. The van der Waals surface area contributed by atoms with Gasteiger partial charge in [0, 0.05) is 32.6 Å². The summed E-state index contributed by atoms with van der Waals surface area (Å²) >= 11 is 0. The Morgan fingerprint density at radius 1 is 0.955 bits per heavy atom. The van der Waals surface area contributed by atoms with E-state index in [1.165, 1.54) is 25.7 Å². The topological polar surface area (TPSA) is 57.5 Å². The molecule has 22 heavy (non-hydrogen) atoms. The van der Waals surface area contributed by atoms with Crippen LogP contribution in [-0.2, 0) is 31.0 Å². The first kappa shape index (κ1) is 24.3. The molecule has 0 saturated carbocycles. The van der Waals surface area contributed by atoms with Crippen LogP contribution < -0.4 is 0 Å². The van der Waals surface area contributed by atoms with Crippen LogP contribution in [0.5, 0.6) is 0 Å². The second kappa shape index (κ2) is 19.1. The number of carbonyl (C=O) groups is 1. The summed E-state index contributed by atoms with van der Waals surface area (Å²) in [4.78, 5) is 10.3. The van der Waals surface area contributed by atoms with Gasteiger partial charge in [-0.1, -0.05) is 64.0 Å². The minimum atomic E-state index is -0.689. The predicted octanol–water partition coefficient (Wildman–Crippen LogP) is 5.08. The van der Waals surface area contributed by atoms with Gasteiger partial charge in [-0.25, -0.2) is 0 Å². The van der Waals surface area contributed by atoms with Crippen molar-refractivity contribution in [2.75, 3.05) is 0 Å². The van der Waals surface area contributed by atoms with Crippen LogP contribution in [0.3, 0.4) is 0 Å². The van der Waals surface area contributed by atoms with Crippen LogP contribution in [0.15, 0.2) is 12.2 Å². The van der Waals surface area contributed by atoms with E-state index in [9.17, 15) is 9.90 Å². The summed E-state index contributed by atoms with van der Waals surface area (Å²) in [6.07, 6.45) is 17.4. The van der Waals surface area contributed by atoms with Crippen LogP contribution in [0, 0.1) is 0 Å². The normalized spacial score (nSPS) is 12.3. The van der Waals surface area contributed by atoms with Crippen molar-refractivity contribution in [3.05, 3.63) is 12.2 Å². The van der Waals surface area contributed by atoms with Crippen LogP contribution in [0.2, 0.25) is 0 Å². The van der Waals surface area contributed by atoms with Crippen LogP contribution in [0.25, 0.3) is 0 Å². The Morgan fingerprint density at radius 2 is 1.59 bits per heavy atom. The van der Waals surface area contributed by atoms with E-state index in [0.29, 0.717) is 6.42 Å². The maximum Gasteiger partial charge on any atom is 0.303 e. The van der Waals surface area contributed by atoms with E-state index in [-0.39, 0.29) is 32.3 Å². The third-order valence-electron chi connectivity index (χ3n) is 3.73. The Hall–Kier alpha value is 0.0531. The van der Waals surface area contributed by atoms with Crippen molar-refractivity contribution in [1.82, 2.24) is 0 Å². The zero-order valence-electron chi connectivity index (χ0n) is 14.2. The summed E-state index contributed by atoms with van der Waals surface area (Å²) in [5.74, 6) is -0.689. The Bertz CT molecular complexity index is 267. The maximum atomic E-state index is 10.3. The molecule has 0 bridgehead atoms. The Labute approximate surface area is 155 Å². The number of carboxylic acid groups (broad SMARTS) is 1. The molecule has 0 saturated heterocycles. The molecule has 0 aliphatic carbocycles. The summed E-state index contributed by atoms with van der Waals surface area (Å²) in [5.41, 5.74) is 0. The van der Waals surface area contributed by atoms with Gasteiger partial charge in [-0.3, -0.25) is 4.79 Å². The Morgan fingerprint density at radius 3 is 2.27 bits per heavy atom. The van der Waals surface area contributed by atoms with Crippen LogP contribution >= 0.6 is 0 Å². The molecule has 3 nitrogen and oxygen atoms in total. The summed E-state index contributed by atoms with van der Waals surface area (Å²) in [5, 5.41) is 18.3. The predicted molar refractivity (Wildman–Crippen MR) is 88.5 cm³/mol. The van der Waals surface area contributed by atoms with E-state index >= 15 is 0 Å². The van der Waals surface area contributed by atoms with E-state index < -0.39 is 5.97 Å². The fourth-order valence-corrected chi connectivity index (χ4v) is 2.36. The van der Waals surface area contributed by atoms with E-state index in [0.717, 1.165) is 51.4 Å². The van der Waals surface area contributed by atoms with Gasteiger partial charge in [0.2, 0.25) is 0 Å². The van der Waals surface area contributed by atoms with Gasteiger partial charge in [0.25, 0.3) is 0 Å². The van der Waals surface area contributed by atoms with Crippen molar-refractivity contribution in [2.24, 2.45) is 0 Å². The minimum absolute atomic E-state index is 0. The molecule has 0 fully saturated rings. The van der Waals surface area contributed by atoms with Crippen molar-refractivity contribution in [2.45, 2.75) is 96.5 Å². The van der Waals surface area contributed by atoms with Crippen molar-refractivity contribution in [1.29, 1.82) is 0 Å². The first-order valence-corrected chi connectivity index (χ1v) is 8.71.